The standard InChI is InChI=1S/C16H15N3O3/c1-21-13-8-5-11(9-14(13)22-2)16-17-15(18-19-16)10-3-6-12(20)7-4-10/h3-9,20H,1-2H3,(H,17,18,19). The van der Waals surface area contributed by atoms with Crippen molar-refractivity contribution >= 4 is 0 Å². The van der Waals surface area contributed by atoms with Gasteiger partial charge < -0.3 is 14.6 Å². The van der Waals surface area contributed by atoms with Gasteiger partial charge in [-0.05, 0) is 42.5 Å². The molecule has 2 N–H and O–H groups in total. The molecule has 1 heterocycles. The average molecular weight is 297 g/mol. The molecule has 0 aliphatic carbocycles. The van der Waals surface area contributed by atoms with E-state index in [1.807, 2.05) is 18.2 Å². The van der Waals surface area contributed by atoms with Crippen LogP contribution in [-0.2, 0) is 0 Å². The smallest absolute Gasteiger partial charge is 0.181 e. The molecule has 0 atom stereocenters. The molecule has 0 aliphatic rings. The second kappa shape index (κ2) is 5.77. The lowest BCUT2D eigenvalue weighted by Gasteiger charge is -2.07. The normalized spacial score (nSPS) is 10.5. The summed E-state index contributed by atoms with van der Waals surface area (Å²) in [7, 11) is 3.18. The first kappa shape index (κ1) is 13.9. The number of nitrogens with zero attached hydrogens (tertiary/aromatic N) is 2. The summed E-state index contributed by atoms with van der Waals surface area (Å²) in [6.07, 6.45) is 0. The van der Waals surface area contributed by atoms with Gasteiger partial charge in [0.05, 0.1) is 14.2 Å². The molecule has 3 rings (SSSR count). The Morgan fingerprint density at radius 3 is 2.27 bits per heavy atom. The number of aromatic nitrogens is 3. The maximum atomic E-state index is 9.32. The lowest BCUT2D eigenvalue weighted by atomic mass is 10.2. The summed E-state index contributed by atoms with van der Waals surface area (Å²) >= 11 is 0. The minimum atomic E-state index is 0.211. The number of nitrogens with one attached hydrogen (secondary N) is 1. The zero-order valence-corrected chi connectivity index (χ0v) is 12.2. The van der Waals surface area contributed by atoms with Crippen LogP contribution in [0.4, 0.5) is 0 Å². The third-order valence-corrected chi connectivity index (χ3v) is 3.27. The highest BCUT2D eigenvalue weighted by Crippen LogP contribution is 2.31. The monoisotopic (exact) mass is 297 g/mol. The van der Waals surface area contributed by atoms with Crippen LogP contribution < -0.4 is 9.47 Å². The number of phenolic OH excluding ortho intramolecular Hbond substituents is 1. The van der Waals surface area contributed by atoms with Crippen molar-refractivity contribution in [2.24, 2.45) is 0 Å². The molecule has 0 aliphatic heterocycles. The molecular weight excluding hydrogens is 282 g/mol. The zero-order chi connectivity index (χ0) is 15.5. The minimum Gasteiger partial charge on any atom is -0.508 e. The van der Waals surface area contributed by atoms with E-state index in [4.69, 9.17) is 9.47 Å². The van der Waals surface area contributed by atoms with Gasteiger partial charge in [-0.25, -0.2) is 4.98 Å². The van der Waals surface area contributed by atoms with Crippen LogP contribution in [-0.4, -0.2) is 34.5 Å². The van der Waals surface area contributed by atoms with Gasteiger partial charge in [-0.1, -0.05) is 0 Å². The molecular formula is C16H15N3O3. The van der Waals surface area contributed by atoms with Crippen molar-refractivity contribution in [3.05, 3.63) is 42.5 Å². The van der Waals surface area contributed by atoms with E-state index < -0.39 is 0 Å². The number of aromatic hydroxyl groups is 1. The van der Waals surface area contributed by atoms with Crippen LogP contribution in [0.1, 0.15) is 0 Å². The average Bonchev–Trinajstić information content (AvgIpc) is 3.05. The molecule has 22 heavy (non-hydrogen) atoms. The fourth-order valence-corrected chi connectivity index (χ4v) is 2.11. The minimum absolute atomic E-state index is 0.211. The van der Waals surface area contributed by atoms with Crippen molar-refractivity contribution in [3.8, 4) is 40.0 Å². The first-order valence-corrected chi connectivity index (χ1v) is 6.65. The van der Waals surface area contributed by atoms with E-state index in [9.17, 15) is 5.11 Å². The third kappa shape index (κ3) is 2.58. The number of benzene rings is 2. The summed E-state index contributed by atoms with van der Waals surface area (Å²) in [4.78, 5) is 4.47. The number of methoxy groups -OCH3 is 2. The number of phenols is 1. The van der Waals surface area contributed by atoms with E-state index in [-0.39, 0.29) is 5.75 Å². The van der Waals surface area contributed by atoms with Crippen LogP contribution in [0.15, 0.2) is 42.5 Å². The van der Waals surface area contributed by atoms with Crippen molar-refractivity contribution in [2.45, 2.75) is 0 Å². The Morgan fingerprint density at radius 2 is 1.59 bits per heavy atom. The molecule has 3 aromatic rings. The summed E-state index contributed by atoms with van der Waals surface area (Å²) in [5.41, 5.74) is 1.66. The molecule has 0 amide bonds. The number of ether oxygens (including phenoxy) is 2. The first-order valence-electron chi connectivity index (χ1n) is 6.65. The van der Waals surface area contributed by atoms with Crippen molar-refractivity contribution in [1.82, 2.24) is 15.2 Å². The van der Waals surface area contributed by atoms with Gasteiger partial charge in [0.25, 0.3) is 0 Å². The van der Waals surface area contributed by atoms with Crippen molar-refractivity contribution in [1.29, 1.82) is 0 Å². The van der Waals surface area contributed by atoms with E-state index in [0.29, 0.717) is 23.1 Å². The van der Waals surface area contributed by atoms with Gasteiger partial charge >= 0.3 is 0 Å². The summed E-state index contributed by atoms with van der Waals surface area (Å²) in [6, 6.07) is 12.3. The van der Waals surface area contributed by atoms with Gasteiger partial charge in [0.2, 0.25) is 0 Å². The van der Waals surface area contributed by atoms with Gasteiger partial charge in [-0.15, -0.1) is 0 Å². The molecule has 0 spiro atoms. The quantitative estimate of drug-likeness (QED) is 0.774. The first-order chi connectivity index (χ1) is 10.7. The SMILES string of the molecule is COc1ccc(-c2n[nH]c(-c3ccc(O)cc3)n2)cc1OC. The summed E-state index contributed by atoms with van der Waals surface area (Å²) < 4.78 is 10.5. The summed E-state index contributed by atoms with van der Waals surface area (Å²) in [5.74, 6) is 2.67. The molecule has 112 valence electrons. The highest BCUT2D eigenvalue weighted by atomic mass is 16.5. The molecule has 0 saturated carbocycles. The molecule has 0 bridgehead atoms. The van der Waals surface area contributed by atoms with Gasteiger partial charge in [0.15, 0.2) is 23.1 Å². The van der Waals surface area contributed by atoms with E-state index in [1.54, 1.807) is 38.5 Å². The van der Waals surface area contributed by atoms with E-state index in [0.717, 1.165) is 11.1 Å². The fraction of sp³-hybridized carbons (Fsp3) is 0.125. The van der Waals surface area contributed by atoms with Crippen LogP contribution in [0.3, 0.4) is 0 Å². The molecule has 6 heteroatoms. The van der Waals surface area contributed by atoms with Crippen LogP contribution in [0, 0.1) is 0 Å². The van der Waals surface area contributed by atoms with E-state index in [1.165, 1.54) is 0 Å². The second-order valence-corrected chi connectivity index (χ2v) is 4.62. The van der Waals surface area contributed by atoms with Gasteiger partial charge in [0.1, 0.15) is 5.75 Å². The molecule has 0 fully saturated rings. The lowest BCUT2D eigenvalue weighted by Crippen LogP contribution is -1.91. The molecule has 0 unspecified atom stereocenters. The van der Waals surface area contributed by atoms with E-state index in [2.05, 4.69) is 15.2 Å². The Hall–Kier alpha value is -3.02. The van der Waals surface area contributed by atoms with Gasteiger partial charge in [0, 0.05) is 11.1 Å². The van der Waals surface area contributed by atoms with E-state index >= 15 is 0 Å². The van der Waals surface area contributed by atoms with Crippen LogP contribution >= 0.6 is 0 Å². The van der Waals surface area contributed by atoms with Crippen LogP contribution in [0.5, 0.6) is 17.2 Å². The maximum absolute atomic E-state index is 9.32. The maximum Gasteiger partial charge on any atom is 0.181 e. The predicted molar refractivity (Wildman–Crippen MR) is 82.0 cm³/mol. The Labute approximate surface area is 127 Å². The Bertz CT molecular complexity index is 782. The summed E-state index contributed by atoms with van der Waals surface area (Å²) in [6.45, 7) is 0. The zero-order valence-electron chi connectivity index (χ0n) is 12.2. The Morgan fingerprint density at radius 1 is 0.909 bits per heavy atom. The Kier molecular flexibility index (Phi) is 3.65. The largest absolute Gasteiger partial charge is 0.508 e. The number of H-pyrrole nitrogens is 1. The second-order valence-electron chi connectivity index (χ2n) is 4.62. The lowest BCUT2D eigenvalue weighted by molar-refractivity contribution is 0.355. The highest BCUT2D eigenvalue weighted by molar-refractivity contribution is 5.64. The highest BCUT2D eigenvalue weighted by Gasteiger charge is 2.11. The topological polar surface area (TPSA) is 80.3 Å². The van der Waals surface area contributed by atoms with Crippen LogP contribution in [0.25, 0.3) is 22.8 Å². The third-order valence-electron chi connectivity index (χ3n) is 3.27. The predicted octanol–water partition coefficient (Wildman–Crippen LogP) is 2.86. The van der Waals surface area contributed by atoms with Crippen molar-refractivity contribution in [2.75, 3.05) is 14.2 Å². The number of hydrogen-bond acceptors (Lipinski definition) is 5. The molecule has 0 saturated heterocycles. The number of hydrogen-bond donors (Lipinski definition) is 2. The van der Waals surface area contributed by atoms with Crippen LogP contribution in [0.2, 0.25) is 0 Å². The Balaban J connectivity index is 1.95. The molecule has 1 aromatic heterocycles. The molecule has 6 nitrogen and oxygen atoms in total. The van der Waals surface area contributed by atoms with Gasteiger partial charge in [-0.3, -0.25) is 5.10 Å². The summed E-state index contributed by atoms with van der Waals surface area (Å²) in [5, 5.41) is 16.4. The fourth-order valence-electron chi connectivity index (χ4n) is 2.11. The number of rotatable bonds is 4. The number of aromatic amines is 1. The molecule has 0 radical (unpaired) electrons. The van der Waals surface area contributed by atoms with Gasteiger partial charge in [-0.2, -0.15) is 5.10 Å². The molecule has 2 aromatic carbocycles. The van der Waals surface area contributed by atoms with Crippen molar-refractivity contribution in [3.63, 3.8) is 0 Å². The van der Waals surface area contributed by atoms with Crippen molar-refractivity contribution < 1.29 is 14.6 Å².